The summed E-state index contributed by atoms with van der Waals surface area (Å²) in [6.45, 7) is 4.26. The Labute approximate surface area is 434 Å². The fourth-order valence-electron chi connectivity index (χ4n) is 9.86. The maximum Gasteiger partial charge on any atom is 0.245 e. The van der Waals surface area contributed by atoms with Crippen molar-refractivity contribution < 1.29 is 14.4 Å². The van der Waals surface area contributed by atoms with Crippen molar-refractivity contribution in [2.75, 3.05) is 60.4 Å². The van der Waals surface area contributed by atoms with Gasteiger partial charge in [0, 0.05) is 87.5 Å². The molecule has 6 aromatic carbocycles. The molecule has 4 N–H and O–H groups in total. The van der Waals surface area contributed by atoms with Crippen LogP contribution in [0.25, 0.3) is 21.5 Å². The highest BCUT2D eigenvalue weighted by Gasteiger charge is 2.34. The summed E-state index contributed by atoms with van der Waals surface area (Å²) >= 11 is 12.1. The summed E-state index contributed by atoms with van der Waals surface area (Å²) in [6.07, 6.45) is 6.69. The van der Waals surface area contributed by atoms with Gasteiger partial charge in [0.15, 0.2) is 0 Å². The van der Waals surface area contributed by atoms with Gasteiger partial charge >= 0.3 is 0 Å². The lowest BCUT2D eigenvalue weighted by Crippen LogP contribution is -2.60. The van der Waals surface area contributed by atoms with E-state index in [0.29, 0.717) is 48.9 Å². The number of halogens is 2. The van der Waals surface area contributed by atoms with Crippen LogP contribution in [0.3, 0.4) is 0 Å². The van der Waals surface area contributed by atoms with E-state index >= 15 is 0 Å². The normalized spacial score (nSPS) is 17.8. The fraction of sp³-hybridized carbons (Fsp3) is 0.345. The Kier molecular flexibility index (Phi) is 17.8. The van der Waals surface area contributed by atoms with E-state index in [2.05, 4.69) is 124 Å². The number of benzene rings is 6. The van der Waals surface area contributed by atoms with Crippen molar-refractivity contribution in [2.24, 2.45) is 12.8 Å². The standard InChI is InChI=1S/C33H39ClN6O2.C25H28ClN3O/c1-35-30(19-28-20-38(2)22-36-28)32(41)37-31(18-23-9-12-27(34)13-10-23)33(42)40-15-14-39(3)29(21-40)17-24-8-11-25-6-4-5-7-26(25)16-24;1-28-12-13-29(25(30)24(27)16-18-7-10-22(26)11-8-18)17-23(28)15-19-6-9-20-4-2-3-5-21(20)14-19/h4-13,16,20,22,29-31,35H,14-15,17-19,21H2,1-3H3,(H,37,41);2-11,14,23-24H,12-13,15-17,27H2,1H3/t29-,30+,31-;23-,24-/m11/s1. The van der Waals surface area contributed by atoms with Gasteiger partial charge in [-0.25, -0.2) is 4.98 Å². The first-order chi connectivity index (χ1) is 34.8. The fourth-order valence-corrected chi connectivity index (χ4v) is 10.1. The van der Waals surface area contributed by atoms with E-state index in [0.717, 1.165) is 49.3 Å². The minimum atomic E-state index is -0.706. The van der Waals surface area contributed by atoms with Gasteiger partial charge < -0.3 is 30.7 Å². The summed E-state index contributed by atoms with van der Waals surface area (Å²) in [5, 5.41) is 12.4. The highest BCUT2D eigenvalue weighted by molar-refractivity contribution is 6.30. The maximum atomic E-state index is 14.1. The number of rotatable bonds is 15. The molecule has 0 radical (unpaired) electrons. The van der Waals surface area contributed by atoms with E-state index in [4.69, 9.17) is 28.9 Å². The van der Waals surface area contributed by atoms with Crippen LogP contribution < -0.4 is 16.4 Å². The number of imidazole rings is 1. The number of nitrogens with zero attached hydrogens (tertiary/aromatic N) is 6. The molecule has 9 rings (SSSR count). The molecule has 0 saturated carbocycles. The number of aryl methyl sites for hydroxylation is 1. The molecular formula is C58H67Cl2N9O3. The van der Waals surface area contributed by atoms with Crippen LogP contribution in [0.5, 0.6) is 0 Å². The number of likely N-dealkylation sites (N-methyl/N-ethyl adjacent to an activating group) is 3. The maximum absolute atomic E-state index is 14.1. The zero-order valence-electron chi connectivity index (χ0n) is 41.8. The van der Waals surface area contributed by atoms with Crippen molar-refractivity contribution in [3.63, 3.8) is 0 Å². The van der Waals surface area contributed by atoms with Gasteiger partial charge in [0.2, 0.25) is 17.7 Å². The smallest absolute Gasteiger partial charge is 0.245 e. The number of nitrogens with one attached hydrogen (secondary N) is 2. The Bertz CT molecular complexity index is 2930. The summed E-state index contributed by atoms with van der Waals surface area (Å²) in [5.41, 5.74) is 11.6. The van der Waals surface area contributed by atoms with E-state index in [1.807, 2.05) is 76.1 Å². The summed E-state index contributed by atoms with van der Waals surface area (Å²) < 4.78 is 1.86. The van der Waals surface area contributed by atoms with Gasteiger partial charge in [0.1, 0.15) is 6.04 Å². The monoisotopic (exact) mass is 1010 g/mol. The molecule has 2 saturated heterocycles. The molecule has 14 heteroatoms. The first-order valence-corrected chi connectivity index (χ1v) is 25.7. The van der Waals surface area contributed by atoms with E-state index in [1.54, 1.807) is 13.4 Å². The van der Waals surface area contributed by atoms with Gasteiger partial charge in [0.05, 0.1) is 24.1 Å². The highest BCUT2D eigenvalue weighted by atomic mass is 35.5. The molecule has 0 bridgehead atoms. The molecule has 376 valence electrons. The lowest BCUT2D eigenvalue weighted by atomic mass is 9.98. The molecule has 1 aromatic heterocycles. The van der Waals surface area contributed by atoms with Crippen LogP contribution in [-0.4, -0.2) is 137 Å². The second kappa shape index (κ2) is 24.5. The van der Waals surface area contributed by atoms with Crippen molar-refractivity contribution in [3.8, 4) is 0 Å². The molecule has 0 unspecified atom stereocenters. The van der Waals surface area contributed by atoms with E-state index in [-0.39, 0.29) is 29.8 Å². The van der Waals surface area contributed by atoms with Gasteiger partial charge in [-0.2, -0.15) is 0 Å². The van der Waals surface area contributed by atoms with Crippen molar-refractivity contribution in [1.29, 1.82) is 0 Å². The summed E-state index contributed by atoms with van der Waals surface area (Å²) in [7, 11) is 7.91. The Balaban J connectivity index is 0.000000204. The molecule has 12 nitrogen and oxygen atoms in total. The number of nitrogens with two attached hydrogens (primary N) is 1. The van der Waals surface area contributed by atoms with Crippen molar-refractivity contribution in [3.05, 3.63) is 184 Å². The Morgan fingerprint density at radius 3 is 1.56 bits per heavy atom. The molecule has 2 fully saturated rings. The average Bonchev–Trinajstić information content (AvgIpc) is 3.81. The Hall–Kier alpha value is -6.12. The topological polar surface area (TPSA) is 132 Å². The average molecular weight is 1010 g/mol. The highest BCUT2D eigenvalue weighted by Crippen LogP contribution is 2.23. The van der Waals surface area contributed by atoms with Crippen LogP contribution in [0, 0.1) is 0 Å². The quantitative estimate of drug-likeness (QED) is 0.0983. The van der Waals surface area contributed by atoms with Crippen LogP contribution in [0.15, 0.2) is 146 Å². The number of piperazine rings is 2. The Morgan fingerprint density at radius 2 is 1.07 bits per heavy atom. The van der Waals surface area contributed by atoms with Gasteiger partial charge in [-0.15, -0.1) is 0 Å². The minimum Gasteiger partial charge on any atom is -0.343 e. The van der Waals surface area contributed by atoms with Gasteiger partial charge in [-0.3, -0.25) is 24.2 Å². The number of hydrogen-bond donors (Lipinski definition) is 3. The lowest BCUT2D eigenvalue weighted by molar-refractivity contribution is -0.139. The molecule has 5 atom stereocenters. The van der Waals surface area contributed by atoms with Gasteiger partial charge in [0.25, 0.3) is 0 Å². The molecule has 3 amide bonds. The van der Waals surface area contributed by atoms with Crippen molar-refractivity contribution >= 4 is 62.5 Å². The van der Waals surface area contributed by atoms with Gasteiger partial charge in [-0.05, 0) is 108 Å². The van der Waals surface area contributed by atoms with E-state index in [1.165, 1.54) is 32.7 Å². The number of amides is 3. The third-order valence-corrected chi connectivity index (χ3v) is 14.7. The molecule has 2 aliphatic heterocycles. The number of fused-ring (bicyclic) bond motifs is 2. The van der Waals surface area contributed by atoms with E-state index < -0.39 is 18.1 Å². The summed E-state index contributed by atoms with van der Waals surface area (Å²) in [4.78, 5) is 53.5. The predicted octanol–water partition coefficient (Wildman–Crippen LogP) is 7.22. The number of carbonyl (C=O) groups excluding carboxylic acids is 3. The third kappa shape index (κ3) is 13.9. The van der Waals surface area contributed by atoms with Crippen LogP contribution in [0.1, 0.15) is 27.9 Å². The molecule has 72 heavy (non-hydrogen) atoms. The molecular weight excluding hydrogens is 942 g/mol. The summed E-state index contributed by atoms with van der Waals surface area (Å²) in [6, 6.07) is 43.7. The molecule has 7 aromatic rings. The first kappa shape index (κ1) is 52.2. The molecule has 0 aliphatic carbocycles. The Morgan fingerprint density at radius 1 is 0.597 bits per heavy atom. The van der Waals surface area contributed by atoms with Crippen molar-refractivity contribution in [2.45, 2.75) is 62.3 Å². The second-order valence-electron chi connectivity index (χ2n) is 19.5. The molecule has 2 aliphatic rings. The summed E-state index contributed by atoms with van der Waals surface area (Å²) in [5.74, 6) is -0.263. The van der Waals surface area contributed by atoms with E-state index in [9.17, 15) is 14.4 Å². The zero-order valence-corrected chi connectivity index (χ0v) is 43.3. The first-order valence-electron chi connectivity index (χ1n) is 24.9. The lowest BCUT2D eigenvalue weighted by Gasteiger charge is -2.41. The SMILES string of the molecule is CN1CCN(C(=O)[C@H](N)Cc2ccc(Cl)cc2)C[C@H]1Cc1ccc2ccccc2c1.CN[C@@H](Cc1cn(C)cn1)C(=O)N[C@H](Cc1ccc(Cl)cc1)C(=O)N1CCN(C)[C@H](Cc2ccc3ccccc3c2)C1. The largest absolute Gasteiger partial charge is 0.343 e. The van der Waals surface area contributed by atoms with Gasteiger partial charge in [-0.1, -0.05) is 132 Å². The third-order valence-electron chi connectivity index (χ3n) is 14.2. The second-order valence-corrected chi connectivity index (χ2v) is 20.4. The van der Waals surface area contributed by atoms with Crippen LogP contribution in [-0.2, 0) is 53.5 Å². The van der Waals surface area contributed by atoms with Crippen LogP contribution >= 0.6 is 23.2 Å². The zero-order chi connectivity index (χ0) is 50.7. The molecule has 3 heterocycles. The predicted molar refractivity (Wildman–Crippen MR) is 291 cm³/mol. The van der Waals surface area contributed by atoms with Crippen LogP contribution in [0.2, 0.25) is 10.0 Å². The number of hydrogen-bond acceptors (Lipinski definition) is 8. The molecule has 0 spiro atoms. The number of carbonyl (C=O) groups is 3. The van der Waals surface area contributed by atoms with Crippen LogP contribution in [0.4, 0.5) is 0 Å². The number of aromatic nitrogens is 2. The van der Waals surface area contributed by atoms with Crippen molar-refractivity contribution in [1.82, 2.24) is 39.8 Å². The minimum absolute atomic E-state index is 0.0292.